The fourth-order valence-electron chi connectivity index (χ4n) is 3.40. The largest absolute Gasteiger partial charge is 0.497 e. The van der Waals surface area contributed by atoms with E-state index in [2.05, 4.69) is 4.72 Å². The molecule has 1 fully saturated rings. The van der Waals surface area contributed by atoms with Gasteiger partial charge in [0.15, 0.2) is 0 Å². The quantitative estimate of drug-likeness (QED) is 0.657. The number of ether oxygens (including phenoxy) is 2. The van der Waals surface area contributed by atoms with E-state index in [1.54, 1.807) is 24.3 Å². The summed E-state index contributed by atoms with van der Waals surface area (Å²) in [5.41, 5.74) is -0.502. The first-order chi connectivity index (χ1) is 14.6. The van der Waals surface area contributed by atoms with Crippen LogP contribution in [0.4, 0.5) is 13.2 Å². The third-order valence-electron chi connectivity index (χ3n) is 4.99. The predicted molar refractivity (Wildman–Crippen MR) is 110 cm³/mol. The van der Waals surface area contributed by atoms with Crippen LogP contribution in [0.3, 0.4) is 0 Å². The van der Waals surface area contributed by atoms with Crippen molar-refractivity contribution >= 4 is 21.6 Å². The Morgan fingerprint density at radius 2 is 1.81 bits per heavy atom. The van der Waals surface area contributed by atoms with Crippen molar-refractivity contribution in [2.75, 3.05) is 40.0 Å². The molecule has 1 N–H and O–H groups in total. The van der Waals surface area contributed by atoms with Crippen LogP contribution in [0, 0.1) is 0 Å². The minimum Gasteiger partial charge on any atom is -0.497 e. The fourth-order valence-corrected chi connectivity index (χ4v) is 4.81. The average Bonchev–Trinajstić information content (AvgIpc) is 2.74. The van der Waals surface area contributed by atoms with Gasteiger partial charge in [-0.25, -0.2) is 13.1 Å². The van der Waals surface area contributed by atoms with Crippen LogP contribution in [0.5, 0.6) is 5.75 Å². The lowest BCUT2D eigenvalue weighted by Gasteiger charge is -2.35. The molecule has 0 aromatic heterocycles. The molecule has 0 bridgehead atoms. The van der Waals surface area contributed by atoms with E-state index in [0.717, 1.165) is 17.7 Å². The number of sulfonamides is 1. The number of methoxy groups -OCH3 is 1. The molecule has 2 aromatic rings. The van der Waals surface area contributed by atoms with Gasteiger partial charge in [-0.1, -0.05) is 23.7 Å². The van der Waals surface area contributed by atoms with Gasteiger partial charge in [0.1, 0.15) is 5.75 Å². The zero-order chi connectivity index (χ0) is 22.6. The van der Waals surface area contributed by atoms with Crippen molar-refractivity contribution in [2.45, 2.75) is 17.1 Å². The molecule has 170 valence electrons. The van der Waals surface area contributed by atoms with Crippen molar-refractivity contribution in [3.63, 3.8) is 0 Å². The first kappa shape index (κ1) is 23.8. The van der Waals surface area contributed by atoms with Gasteiger partial charge in [0.05, 0.1) is 30.8 Å². The van der Waals surface area contributed by atoms with Gasteiger partial charge < -0.3 is 9.47 Å². The van der Waals surface area contributed by atoms with Gasteiger partial charge >= 0.3 is 6.18 Å². The average molecular weight is 479 g/mol. The number of nitrogens with zero attached hydrogens (tertiary/aromatic N) is 1. The smallest absolute Gasteiger partial charge is 0.417 e. The number of halogens is 4. The highest BCUT2D eigenvalue weighted by Gasteiger charge is 2.38. The van der Waals surface area contributed by atoms with Crippen LogP contribution in [0.1, 0.15) is 17.2 Å². The monoisotopic (exact) mass is 478 g/mol. The number of alkyl halides is 3. The highest BCUT2D eigenvalue weighted by atomic mass is 35.5. The summed E-state index contributed by atoms with van der Waals surface area (Å²) in [6.07, 6.45) is -4.87. The second-order valence-electron chi connectivity index (χ2n) is 6.93. The van der Waals surface area contributed by atoms with Crippen LogP contribution in [-0.4, -0.2) is 53.3 Å². The van der Waals surface area contributed by atoms with Gasteiger partial charge in [-0.05, 0) is 35.9 Å². The maximum Gasteiger partial charge on any atom is 0.417 e. The summed E-state index contributed by atoms with van der Waals surface area (Å²) in [6.45, 7) is 1.97. The van der Waals surface area contributed by atoms with Gasteiger partial charge in [-0.3, -0.25) is 4.90 Å². The van der Waals surface area contributed by atoms with Crippen molar-refractivity contribution in [1.29, 1.82) is 0 Å². The van der Waals surface area contributed by atoms with E-state index in [4.69, 9.17) is 21.1 Å². The number of rotatable bonds is 7. The molecule has 1 unspecified atom stereocenters. The van der Waals surface area contributed by atoms with E-state index in [-0.39, 0.29) is 11.6 Å². The van der Waals surface area contributed by atoms with Crippen LogP contribution in [0.2, 0.25) is 5.02 Å². The standard InChI is InChI=1S/C20H22ClF3N2O4S/c1-29-16-5-2-14(3-6-16)18(26-8-10-30-11-9-26)13-25-31(27,28)19-7-4-15(21)12-17(19)20(22,23)24/h2-7,12,18,25H,8-11,13H2,1H3. The highest BCUT2D eigenvalue weighted by molar-refractivity contribution is 7.89. The highest BCUT2D eigenvalue weighted by Crippen LogP contribution is 2.36. The van der Waals surface area contributed by atoms with Crippen LogP contribution >= 0.6 is 11.6 Å². The van der Waals surface area contributed by atoms with Crippen molar-refractivity contribution in [2.24, 2.45) is 0 Å². The number of morpholine rings is 1. The molecule has 1 heterocycles. The molecule has 1 saturated heterocycles. The molecule has 2 aromatic carbocycles. The fraction of sp³-hybridized carbons (Fsp3) is 0.400. The first-order valence-electron chi connectivity index (χ1n) is 9.44. The minimum atomic E-state index is -4.87. The van der Waals surface area contributed by atoms with Gasteiger partial charge in [-0.15, -0.1) is 0 Å². The van der Waals surface area contributed by atoms with Crippen LogP contribution in [0.15, 0.2) is 47.4 Å². The Morgan fingerprint density at radius 1 is 1.16 bits per heavy atom. The molecule has 0 amide bonds. The third kappa shape index (κ3) is 5.89. The lowest BCUT2D eigenvalue weighted by Crippen LogP contribution is -2.44. The Bertz CT molecular complexity index is 994. The summed E-state index contributed by atoms with van der Waals surface area (Å²) < 4.78 is 78.7. The zero-order valence-electron chi connectivity index (χ0n) is 16.7. The summed E-state index contributed by atoms with van der Waals surface area (Å²) in [6, 6.07) is 9.30. The summed E-state index contributed by atoms with van der Waals surface area (Å²) >= 11 is 5.66. The van der Waals surface area contributed by atoms with Crippen LogP contribution in [0.25, 0.3) is 0 Å². The van der Waals surface area contributed by atoms with Crippen molar-refractivity contribution < 1.29 is 31.1 Å². The van der Waals surface area contributed by atoms with E-state index in [0.29, 0.717) is 38.1 Å². The molecule has 1 atom stereocenters. The number of hydrogen-bond donors (Lipinski definition) is 1. The summed E-state index contributed by atoms with van der Waals surface area (Å²) in [7, 11) is -2.92. The van der Waals surface area contributed by atoms with Gasteiger partial charge in [0, 0.05) is 30.7 Å². The summed E-state index contributed by atoms with van der Waals surface area (Å²) in [5.74, 6) is 0.640. The maximum atomic E-state index is 13.4. The number of hydrogen-bond acceptors (Lipinski definition) is 5. The first-order valence-corrected chi connectivity index (χ1v) is 11.3. The Balaban J connectivity index is 1.88. The Hall–Kier alpha value is -1.85. The SMILES string of the molecule is COc1ccc(C(CNS(=O)(=O)c2ccc(Cl)cc2C(F)(F)F)N2CCOCC2)cc1. The molecule has 0 saturated carbocycles. The van der Waals surface area contributed by atoms with E-state index in [1.165, 1.54) is 7.11 Å². The Kier molecular flexibility index (Phi) is 7.48. The van der Waals surface area contributed by atoms with Crippen molar-refractivity contribution in [3.8, 4) is 5.75 Å². The molecule has 0 radical (unpaired) electrons. The molecule has 31 heavy (non-hydrogen) atoms. The normalized spacial score (nSPS) is 16.8. The lowest BCUT2D eigenvalue weighted by atomic mass is 10.0. The molecular formula is C20H22ClF3N2O4S. The van der Waals surface area contributed by atoms with E-state index in [1.807, 2.05) is 4.90 Å². The molecule has 1 aliphatic heterocycles. The molecule has 6 nitrogen and oxygen atoms in total. The minimum absolute atomic E-state index is 0.116. The number of nitrogens with one attached hydrogen (secondary N) is 1. The van der Waals surface area contributed by atoms with Crippen LogP contribution < -0.4 is 9.46 Å². The lowest BCUT2D eigenvalue weighted by molar-refractivity contribution is -0.139. The van der Waals surface area contributed by atoms with Crippen molar-refractivity contribution in [1.82, 2.24) is 9.62 Å². The maximum absolute atomic E-state index is 13.4. The van der Waals surface area contributed by atoms with Gasteiger partial charge in [0.2, 0.25) is 10.0 Å². The van der Waals surface area contributed by atoms with E-state index < -0.39 is 32.7 Å². The van der Waals surface area contributed by atoms with Crippen molar-refractivity contribution in [3.05, 3.63) is 58.6 Å². The molecule has 3 rings (SSSR count). The second kappa shape index (κ2) is 9.74. The Morgan fingerprint density at radius 3 is 2.39 bits per heavy atom. The molecular weight excluding hydrogens is 457 g/mol. The second-order valence-corrected chi connectivity index (χ2v) is 9.10. The zero-order valence-corrected chi connectivity index (χ0v) is 18.2. The summed E-state index contributed by atoms with van der Waals surface area (Å²) in [4.78, 5) is 1.17. The Labute approximate surface area is 183 Å². The topological polar surface area (TPSA) is 67.9 Å². The molecule has 0 spiro atoms. The summed E-state index contributed by atoms with van der Waals surface area (Å²) in [5, 5.41) is -0.198. The van der Waals surface area contributed by atoms with Gasteiger partial charge in [0.25, 0.3) is 0 Å². The molecule has 11 heteroatoms. The third-order valence-corrected chi connectivity index (χ3v) is 6.71. The molecule has 1 aliphatic rings. The predicted octanol–water partition coefficient (Wildman–Crippen LogP) is 3.72. The van der Waals surface area contributed by atoms with E-state index in [9.17, 15) is 21.6 Å². The van der Waals surface area contributed by atoms with E-state index >= 15 is 0 Å². The number of benzene rings is 2. The van der Waals surface area contributed by atoms with Gasteiger partial charge in [-0.2, -0.15) is 13.2 Å². The van der Waals surface area contributed by atoms with Crippen LogP contribution in [-0.2, 0) is 20.9 Å². The molecule has 0 aliphatic carbocycles.